The van der Waals surface area contributed by atoms with Crippen LogP contribution in [0.2, 0.25) is 0 Å². The summed E-state index contributed by atoms with van der Waals surface area (Å²) >= 11 is 1.60. The molecule has 0 atom stereocenters. The summed E-state index contributed by atoms with van der Waals surface area (Å²) in [5.74, 6) is -0.628. The average Bonchev–Trinajstić information content (AvgIpc) is 2.95. The van der Waals surface area contributed by atoms with Crippen molar-refractivity contribution in [3.05, 3.63) is 70.3 Å². The Kier molecular flexibility index (Phi) is 3.98. The van der Waals surface area contributed by atoms with E-state index in [1.807, 2.05) is 36.6 Å². The summed E-state index contributed by atoms with van der Waals surface area (Å²) < 4.78 is 12.8. The number of amides is 1. The lowest BCUT2D eigenvalue weighted by Crippen LogP contribution is -2.11. The van der Waals surface area contributed by atoms with Crippen LogP contribution in [0.25, 0.3) is 11.3 Å². The molecule has 22 heavy (non-hydrogen) atoms. The molecule has 0 fully saturated rings. The first-order valence-electron chi connectivity index (χ1n) is 6.71. The first-order valence-corrected chi connectivity index (χ1v) is 7.59. The number of benzene rings is 2. The minimum atomic E-state index is -0.362. The molecular formula is C17H13FN2OS. The number of hydrogen-bond acceptors (Lipinski definition) is 3. The van der Waals surface area contributed by atoms with E-state index in [9.17, 15) is 9.18 Å². The number of nitrogens with zero attached hydrogens (tertiary/aromatic N) is 1. The van der Waals surface area contributed by atoms with Crippen LogP contribution in [-0.4, -0.2) is 10.9 Å². The van der Waals surface area contributed by atoms with Crippen molar-refractivity contribution in [1.29, 1.82) is 0 Å². The maximum Gasteiger partial charge on any atom is 0.255 e. The molecule has 0 aliphatic rings. The SMILES string of the molecule is Cc1nc(-c2ccc(NC(=O)c3ccc(F)cc3)cc2)cs1. The number of anilines is 1. The van der Waals surface area contributed by atoms with E-state index >= 15 is 0 Å². The number of carbonyl (C=O) groups excluding carboxylic acids is 1. The molecule has 0 aliphatic carbocycles. The number of rotatable bonds is 3. The Morgan fingerprint density at radius 3 is 2.36 bits per heavy atom. The molecule has 1 aromatic heterocycles. The van der Waals surface area contributed by atoms with E-state index < -0.39 is 0 Å². The van der Waals surface area contributed by atoms with Crippen LogP contribution in [0.4, 0.5) is 10.1 Å². The zero-order valence-corrected chi connectivity index (χ0v) is 12.7. The van der Waals surface area contributed by atoms with Gasteiger partial charge in [0.25, 0.3) is 5.91 Å². The third-order valence-electron chi connectivity index (χ3n) is 3.16. The number of carbonyl (C=O) groups is 1. The van der Waals surface area contributed by atoms with Crippen LogP contribution in [0.5, 0.6) is 0 Å². The topological polar surface area (TPSA) is 42.0 Å². The van der Waals surface area contributed by atoms with Crippen LogP contribution < -0.4 is 5.32 Å². The quantitative estimate of drug-likeness (QED) is 0.773. The number of aryl methyl sites for hydroxylation is 1. The van der Waals surface area contributed by atoms with Crippen LogP contribution >= 0.6 is 11.3 Å². The highest BCUT2D eigenvalue weighted by Gasteiger charge is 2.07. The van der Waals surface area contributed by atoms with Gasteiger partial charge in [0.05, 0.1) is 10.7 Å². The molecular weight excluding hydrogens is 299 g/mol. The van der Waals surface area contributed by atoms with Crippen molar-refractivity contribution in [3.63, 3.8) is 0 Å². The van der Waals surface area contributed by atoms with Gasteiger partial charge in [-0.25, -0.2) is 9.37 Å². The standard InChI is InChI=1S/C17H13FN2OS/c1-11-19-16(10-22-11)12-4-8-15(9-5-12)20-17(21)13-2-6-14(18)7-3-13/h2-10H,1H3,(H,20,21). The Bertz CT molecular complexity index is 794. The average molecular weight is 312 g/mol. The maximum atomic E-state index is 12.8. The number of nitrogens with one attached hydrogen (secondary N) is 1. The van der Waals surface area contributed by atoms with Crippen molar-refractivity contribution in [3.8, 4) is 11.3 Å². The fourth-order valence-corrected chi connectivity index (χ4v) is 2.65. The second-order valence-electron chi connectivity index (χ2n) is 4.79. The Morgan fingerprint density at radius 1 is 1.09 bits per heavy atom. The van der Waals surface area contributed by atoms with E-state index in [0.29, 0.717) is 11.3 Å². The monoisotopic (exact) mass is 312 g/mol. The summed E-state index contributed by atoms with van der Waals surface area (Å²) in [7, 11) is 0. The zero-order valence-electron chi connectivity index (χ0n) is 11.8. The smallest absolute Gasteiger partial charge is 0.255 e. The van der Waals surface area contributed by atoms with E-state index in [1.54, 1.807) is 11.3 Å². The Hall–Kier alpha value is -2.53. The van der Waals surface area contributed by atoms with Crippen molar-refractivity contribution in [2.24, 2.45) is 0 Å². The molecule has 5 heteroatoms. The molecule has 1 N–H and O–H groups in total. The molecule has 110 valence electrons. The molecule has 1 heterocycles. The maximum absolute atomic E-state index is 12.8. The second kappa shape index (κ2) is 6.07. The van der Waals surface area contributed by atoms with Crippen molar-refractivity contribution < 1.29 is 9.18 Å². The van der Waals surface area contributed by atoms with Gasteiger partial charge in [0.2, 0.25) is 0 Å². The van der Waals surface area contributed by atoms with Gasteiger partial charge >= 0.3 is 0 Å². The fraction of sp³-hybridized carbons (Fsp3) is 0.0588. The van der Waals surface area contributed by atoms with Crippen LogP contribution in [-0.2, 0) is 0 Å². The fourth-order valence-electron chi connectivity index (χ4n) is 2.02. The molecule has 3 nitrogen and oxygen atoms in total. The van der Waals surface area contributed by atoms with E-state index in [1.165, 1.54) is 24.3 Å². The molecule has 2 aromatic carbocycles. The molecule has 3 aromatic rings. The number of hydrogen-bond donors (Lipinski definition) is 1. The summed E-state index contributed by atoms with van der Waals surface area (Å²) in [5.41, 5.74) is 3.04. The second-order valence-corrected chi connectivity index (χ2v) is 5.85. The third-order valence-corrected chi connectivity index (χ3v) is 3.94. The number of aromatic nitrogens is 1. The summed E-state index contributed by atoms with van der Waals surface area (Å²) in [4.78, 5) is 16.5. The zero-order chi connectivity index (χ0) is 15.5. The largest absolute Gasteiger partial charge is 0.322 e. The molecule has 0 aliphatic heterocycles. The highest BCUT2D eigenvalue weighted by Crippen LogP contribution is 2.23. The van der Waals surface area contributed by atoms with Crippen molar-refractivity contribution >= 4 is 22.9 Å². The Morgan fingerprint density at radius 2 is 1.77 bits per heavy atom. The molecule has 0 saturated carbocycles. The molecule has 0 saturated heterocycles. The summed E-state index contributed by atoms with van der Waals surface area (Å²) in [6.07, 6.45) is 0. The van der Waals surface area contributed by atoms with Crippen LogP contribution in [0.1, 0.15) is 15.4 Å². The first kappa shape index (κ1) is 14.4. The highest BCUT2D eigenvalue weighted by molar-refractivity contribution is 7.09. The molecule has 0 spiro atoms. The predicted octanol–water partition coefficient (Wildman–Crippen LogP) is 4.51. The molecule has 3 rings (SSSR count). The Labute approximate surface area is 131 Å². The normalized spacial score (nSPS) is 10.5. The number of halogens is 1. The third kappa shape index (κ3) is 3.20. The minimum Gasteiger partial charge on any atom is -0.322 e. The Balaban J connectivity index is 1.73. The minimum absolute atomic E-state index is 0.266. The van der Waals surface area contributed by atoms with E-state index in [4.69, 9.17) is 0 Å². The molecule has 1 amide bonds. The van der Waals surface area contributed by atoms with Gasteiger partial charge in [0.15, 0.2) is 0 Å². The van der Waals surface area contributed by atoms with Gasteiger partial charge in [-0.15, -0.1) is 11.3 Å². The van der Waals surface area contributed by atoms with Crippen LogP contribution in [0.3, 0.4) is 0 Å². The van der Waals surface area contributed by atoms with Crippen LogP contribution in [0.15, 0.2) is 53.9 Å². The van der Waals surface area contributed by atoms with Gasteiger partial charge in [-0.3, -0.25) is 4.79 Å². The van der Waals surface area contributed by atoms with Crippen LogP contribution in [0, 0.1) is 12.7 Å². The lowest BCUT2D eigenvalue weighted by atomic mass is 10.1. The summed E-state index contributed by atoms with van der Waals surface area (Å²) in [5, 5.41) is 5.80. The first-order chi connectivity index (χ1) is 10.6. The van der Waals surface area contributed by atoms with Crippen molar-refractivity contribution in [2.75, 3.05) is 5.32 Å². The van der Waals surface area contributed by atoms with Crippen molar-refractivity contribution in [2.45, 2.75) is 6.92 Å². The van der Waals surface area contributed by atoms with E-state index in [-0.39, 0.29) is 11.7 Å². The lowest BCUT2D eigenvalue weighted by molar-refractivity contribution is 0.102. The van der Waals surface area contributed by atoms with Gasteiger partial charge in [-0.1, -0.05) is 12.1 Å². The van der Waals surface area contributed by atoms with Gasteiger partial charge in [-0.05, 0) is 43.3 Å². The van der Waals surface area contributed by atoms with E-state index in [0.717, 1.165) is 16.3 Å². The van der Waals surface area contributed by atoms with Gasteiger partial charge in [0, 0.05) is 22.2 Å². The molecule has 0 unspecified atom stereocenters. The highest BCUT2D eigenvalue weighted by atomic mass is 32.1. The predicted molar refractivity (Wildman–Crippen MR) is 86.6 cm³/mol. The van der Waals surface area contributed by atoms with Gasteiger partial charge in [0.1, 0.15) is 5.82 Å². The molecule has 0 bridgehead atoms. The van der Waals surface area contributed by atoms with Gasteiger partial charge < -0.3 is 5.32 Å². The molecule has 0 radical (unpaired) electrons. The lowest BCUT2D eigenvalue weighted by Gasteiger charge is -2.06. The van der Waals surface area contributed by atoms with Crippen molar-refractivity contribution in [1.82, 2.24) is 4.98 Å². The summed E-state index contributed by atoms with van der Waals surface area (Å²) in [6.45, 7) is 1.96. The summed E-state index contributed by atoms with van der Waals surface area (Å²) in [6, 6.07) is 12.9. The number of thiazole rings is 1. The van der Waals surface area contributed by atoms with E-state index in [2.05, 4.69) is 10.3 Å². The van der Waals surface area contributed by atoms with Gasteiger partial charge in [-0.2, -0.15) is 0 Å².